The molecule has 9 heteroatoms. The summed E-state index contributed by atoms with van der Waals surface area (Å²) in [5.41, 5.74) is 5.12. The minimum Gasteiger partial charge on any atom is -0.496 e. The Bertz CT molecular complexity index is 1300. The Morgan fingerprint density at radius 3 is 2.88 bits per heavy atom. The van der Waals surface area contributed by atoms with Gasteiger partial charge in [0.2, 0.25) is 0 Å². The quantitative estimate of drug-likeness (QED) is 0.364. The third-order valence-corrected chi connectivity index (χ3v) is 7.73. The number of rotatable bonds is 6. The minimum atomic E-state index is -0.845. The summed E-state index contributed by atoms with van der Waals surface area (Å²) < 4.78 is 6.50. The van der Waals surface area contributed by atoms with Crippen LogP contribution in [0.15, 0.2) is 46.8 Å². The topological polar surface area (TPSA) is 100 Å². The van der Waals surface area contributed by atoms with Crippen LogP contribution in [0.3, 0.4) is 0 Å². The van der Waals surface area contributed by atoms with Crippen molar-refractivity contribution in [3.63, 3.8) is 0 Å². The fourth-order valence-corrected chi connectivity index (χ4v) is 6.02. The maximum atomic E-state index is 11.9. The largest absolute Gasteiger partial charge is 0.496 e. The molecule has 5 rings (SSSR count). The van der Waals surface area contributed by atoms with Gasteiger partial charge in [0.05, 0.1) is 13.2 Å². The summed E-state index contributed by atoms with van der Waals surface area (Å²) >= 11 is 3.18. The van der Waals surface area contributed by atoms with Crippen LogP contribution in [0.4, 0.5) is 0 Å². The van der Waals surface area contributed by atoms with Gasteiger partial charge >= 0.3 is 5.97 Å². The Morgan fingerprint density at radius 2 is 2.12 bits per heavy atom. The number of carboxylic acid groups (broad SMARTS) is 1. The number of nitrogens with zero attached hydrogens (tertiary/aromatic N) is 2. The van der Waals surface area contributed by atoms with Crippen LogP contribution in [-0.2, 0) is 17.0 Å². The fourth-order valence-electron chi connectivity index (χ4n) is 4.22. The predicted molar refractivity (Wildman–Crippen MR) is 126 cm³/mol. The van der Waals surface area contributed by atoms with Crippen molar-refractivity contribution in [2.24, 2.45) is 0 Å². The highest BCUT2D eigenvalue weighted by Crippen LogP contribution is 2.37. The molecule has 1 aliphatic heterocycles. The van der Waals surface area contributed by atoms with Crippen LogP contribution in [-0.4, -0.2) is 39.4 Å². The maximum absolute atomic E-state index is 11.9. The van der Waals surface area contributed by atoms with E-state index in [4.69, 9.17) is 4.74 Å². The van der Waals surface area contributed by atoms with Crippen molar-refractivity contribution in [1.29, 1.82) is 0 Å². The molecule has 0 bridgehead atoms. The number of carbonyl (C=O) groups is 1. The van der Waals surface area contributed by atoms with E-state index in [-0.39, 0.29) is 6.04 Å². The zero-order valence-corrected chi connectivity index (χ0v) is 19.2. The van der Waals surface area contributed by atoms with E-state index in [0.29, 0.717) is 12.2 Å². The van der Waals surface area contributed by atoms with Gasteiger partial charge in [0.1, 0.15) is 16.8 Å². The first-order valence-electron chi connectivity index (χ1n) is 10.2. The van der Waals surface area contributed by atoms with E-state index in [1.54, 1.807) is 30.2 Å². The second kappa shape index (κ2) is 8.57. The Labute approximate surface area is 193 Å². The summed E-state index contributed by atoms with van der Waals surface area (Å²) in [4.78, 5) is 15.4. The molecule has 2 aromatic carbocycles. The molecule has 0 fully saturated rings. The molecule has 2 atom stereocenters. The molecule has 0 aliphatic carbocycles. The zero-order valence-electron chi connectivity index (χ0n) is 17.6. The molecule has 2 aromatic heterocycles. The van der Waals surface area contributed by atoms with Crippen LogP contribution in [0.1, 0.15) is 33.4 Å². The molecule has 0 amide bonds. The second-order valence-corrected chi connectivity index (χ2v) is 10.1. The van der Waals surface area contributed by atoms with Crippen molar-refractivity contribution in [2.45, 2.75) is 35.5 Å². The number of H-pyrrole nitrogens is 1. The zero-order chi connectivity index (χ0) is 22.2. The molecule has 0 radical (unpaired) electrons. The maximum Gasteiger partial charge on any atom is 0.321 e. The van der Waals surface area contributed by atoms with Crippen molar-refractivity contribution in [3.8, 4) is 5.75 Å². The highest BCUT2D eigenvalue weighted by atomic mass is 32.2. The summed E-state index contributed by atoms with van der Waals surface area (Å²) in [5.74, 6) is 0.632. The standard InChI is InChI=1S/C23H22N4O3S2/c1-12-26-27-23(32-12)31-11-14-9-13(7-8-19(14)30-2)20-21-16(10-18(25-20)22(28)29)15-5-3-4-6-17(15)24-21/h3-9,18,20,24-25H,10-11H2,1-2H3,(H,28,29). The normalized spacial score (nSPS) is 17.9. The third kappa shape index (κ3) is 3.87. The average molecular weight is 467 g/mol. The lowest BCUT2D eigenvalue weighted by atomic mass is 9.90. The lowest BCUT2D eigenvalue weighted by Gasteiger charge is -2.30. The molecule has 2 unspecified atom stereocenters. The SMILES string of the molecule is COc1ccc(C2NC(C(=O)O)Cc3c2[nH]c2ccccc32)cc1CSc1nnc(C)s1. The Hall–Kier alpha value is -2.88. The molecule has 4 aromatic rings. The number of thioether (sulfide) groups is 1. The molecule has 0 spiro atoms. The number of methoxy groups -OCH3 is 1. The van der Waals surface area contributed by atoms with Crippen molar-refractivity contribution < 1.29 is 14.6 Å². The smallest absolute Gasteiger partial charge is 0.321 e. The molecule has 0 saturated carbocycles. The first kappa shape index (κ1) is 21.0. The van der Waals surface area contributed by atoms with Crippen LogP contribution in [0.2, 0.25) is 0 Å². The monoisotopic (exact) mass is 466 g/mol. The molecule has 0 saturated heterocycles. The van der Waals surface area contributed by atoms with Crippen molar-refractivity contribution in [3.05, 3.63) is 69.9 Å². The molecule has 7 nitrogen and oxygen atoms in total. The van der Waals surface area contributed by atoms with Crippen LogP contribution in [0.25, 0.3) is 10.9 Å². The number of hydrogen-bond acceptors (Lipinski definition) is 7. The summed E-state index contributed by atoms with van der Waals surface area (Å²) in [5, 5.41) is 23.4. The first-order chi connectivity index (χ1) is 15.5. The van der Waals surface area contributed by atoms with Crippen LogP contribution in [0.5, 0.6) is 5.75 Å². The van der Waals surface area contributed by atoms with Gasteiger partial charge in [-0.05, 0) is 36.2 Å². The van der Waals surface area contributed by atoms with Crippen molar-refractivity contribution in [2.75, 3.05) is 7.11 Å². The number of aryl methyl sites for hydroxylation is 1. The van der Waals surface area contributed by atoms with Gasteiger partial charge in [-0.2, -0.15) is 0 Å². The molecular formula is C23H22N4O3S2. The highest BCUT2D eigenvalue weighted by molar-refractivity contribution is 8.00. The van der Waals surface area contributed by atoms with E-state index in [9.17, 15) is 9.90 Å². The van der Waals surface area contributed by atoms with Gasteiger partial charge in [-0.15, -0.1) is 10.2 Å². The number of carboxylic acids is 1. The number of aromatic amines is 1. The molecule has 1 aliphatic rings. The number of benzene rings is 2. The van der Waals surface area contributed by atoms with Gasteiger partial charge in [-0.25, -0.2) is 0 Å². The number of hydrogen-bond donors (Lipinski definition) is 3. The lowest BCUT2D eigenvalue weighted by molar-refractivity contribution is -0.139. The number of para-hydroxylation sites is 1. The van der Waals surface area contributed by atoms with Gasteiger partial charge in [-0.1, -0.05) is 47.4 Å². The van der Waals surface area contributed by atoms with E-state index >= 15 is 0 Å². The van der Waals surface area contributed by atoms with Crippen molar-refractivity contribution in [1.82, 2.24) is 20.5 Å². The van der Waals surface area contributed by atoms with Crippen LogP contribution in [0, 0.1) is 6.92 Å². The van der Waals surface area contributed by atoms with E-state index in [0.717, 1.165) is 48.4 Å². The van der Waals surface area contributed by atoms with Gasteiger partial charge in [0, 0.05) is 34.3 Å². The van der Waals surface area contributed by atoms with Gasteiger partial charge in [-0.3, -0.25) is 10.1 Å². The summed E-state index contributed by atoms with van der Waals surface area (Å²) in [6.45, 7) is 1.94. The molecule has 3 N–H and O–H groups in total. The van der Waals surface area contributed by atoms with Crippen LogP contribution >= 0.6 is 23.1 Å². The molecular weight excluding hydrogens is 444 g/mol. The Balaban J connectivity index is 1.54. The lowest BCUT2D eigenvalue weighted by Crippen LogP contribution is -2.45. The predicted octanol–water partition coefficient (Wildman–Crippen LogP) is 4.32. The van der Waals surface area contributed by atoms with Crippen LogP contribution < -0.4 is 10.1 Å². The van der Waals surface area contributed by atoms with Gasteiger partial charge in [0.15, 0.2) is 4.34 Å². The van der Waals surface area contributed by atoms with Gasteiger partial charge < -0.3 is 14.8 Å². The average Bonchev–Trinajstić information content (AvgIpc) is 3.39. The minimum absolute atomic E-state index is 0.259. The van der Waals surface area contributed by atoms with E-state index in [2.05, 4.69) is 26.6 Å². The summed E-state index contributed by atoms with van der Waals surface area (Å²) in [7, 11) is 1.66. The third-order valence-electron chi connectivity index (χ3n) is 5.71. The number of ether oxygens (including phenoxy) is 1. The van der Waals surface area contributed by atoms with Crippen molar-refractivity contribution >= 4 is 40.0 Å². The Morgan fingerprint density at radius 1 is 1.28 bits per heavy atom. The molecule has 164 valence electrons. The summed E-state index contributed by atoms with van der Waals surface area (Å²) in [6.07, 6.45) is 0.445. The fraction of sp³-hybridized carbons (Fsp3) is 0.261. The van der Waals surface area contributed by atoms with E-state index < -0.39 is 12.0 Å². The summed E-state index contributed by atoms with van der Waals surface area (Å²) in [6, 6.07) is 13.2. The number of aromatic nitrogens is 3. The number of nitrogens with one attached hydrogen (secondary N) is 2. The second-order valence-electron chi connectivity index (χ2n) is 7.70. The molecule has 32 heavy (non-hydrogen) atoms. The highest BCUT2D eigenvalue weighted by Gasteiger charge is 2.34. The number of fused-ring (bicyclic) bond motifs is 3. The van der Waals surface area contributed by atoms with E-state index in [1.165, 1.54) is 0 Å². The van der Waals surface area contributed by atoms with E-state index in [1.807, 2.05) is 43.3 Å². The number of aliphatic carboxylic acids is 1. The van der Waals surface area contributed by atoms with Gasteiger partial charge in [0.25, 0.3) is 0 Å². The Kier molecular flexibility index (Phi) is 5.62. The first-order valence-corrected chi connectivity index (χ1v) is 12.0. The molecule has 3 heterocycles.